The Bertz CT molecular complexity index is 1140. The number of nitrogens with zero attached hydrogens (tertiary/aromatic N) is 3. The summed E-state index contributed by atoms with van der Waals surface area (Å²) in [6.07, 6.45) is 1.19. The molecule has 0 radical (unpaired) electrons. The minimum atomic E-state index is -0.590. The normalized spacial score (nSPS) is 16.7. The molecule has 0 saturated carbocycles. The van der Waals surface area contributed by atoms with Gasteiger partial charge in [-0.3, -0.25) is 14.7 Å². The highest BCUT2D eigenvalue weighted by Crippen LogP contribution is 2.24. The van der Waals surface area contributed by atoms with Gasteiger partial charge in [-0.2, -0.15) is 0 Å². The Morgan fingerprint density at radius 2 is 2.12 bits per heavy atom. The number of halogens is 1. The zero-order valence-corrected chi connectivity index (χ0v) is 20.0. The van der Waals surface area contributed by atoms with Gasteiger partial charge in [0.25, 0.3) is 5.91 Å². The van der Waals surface area contributed by atoms with E-state index in [9.17, 15) is 9.18 Å². The highest BCUT2D eigenvalue weighted by molar-refractivity contribution is 5.82. The zero-order valence-electron chi connectivity index (χ0n) is 20.0. The molecule has 2 heterocycles. The molecule has 0 aliphatic carbocycles. The van der Waals surface area contributed by atoms with Crippen molar-refractivity contribution in [3.63, 3.8) is 0 Å². The summed E-state index contributed by atoms with van der Waals surface area (Å²) in [7, 11) is 1.54. The molecule has 0 unspecified atom stereocenters. The number of amides is 1. The Morgan fingerprint density at radius 1 is 1.26 bits per heavy atom. The van der Waals surface area contributed by atoms with Crippen molar-refractivity contribution in [2.75, 3.05) is 33.4 Å². The molecule has 34 heavy (non-hydrogen) atoms. The lowest BCUT2D eigenvalue weighted by atomic mass is 10.1. The van der Waals surface area contributed by atoms with Gasteiger partial charge in [-0.05, 0) is 41.8 Å². The third-order valence-electron chi connectivity index (χ3n) is 6.04. The number of carbonyl (C=O) groups is 1. The summed E-state index contributed by atoms with van der Waals surface area (Å²) in [6, 6.07) is 14.9. The maximum absolute atomic E-state index is 14.5. The molecule has 7 heteroatoms. The number of aromatic nitrogens is 1. The van der Waals surface area contributed by atoms with Gasteiger partial charge in [0.1, 0.15) is 17.7 Å². The van der Waals surface area contributed by atoms with Gasteiger partial charge in [-0.1, -0.05) is 32.0 Å². The van der Waals surface area contributed by atoms with Crippen molar-refractivity contribution in [3.8, 4) is 5.75 Å². The Hall–Kier alpha value is -3.03. The summed E-state index contributed by atoms with van der Waals surface area (Å²) >= 11 is 0. The van der Waals surface area contributed by atoms with Crippen LogP contribution in [-0.2, 0) is 22.6 Å². The van der Waals surface area contributed by atoms with Gasteiger partial charge >= 0.3 is 0 Å². The number of morpholine rings is 1. The van der Waals surface area contributed by atoms with Crippen LogP contribution >= 0.6 is 0 Å². The molecule has 1 atom stereocenters. The number of pyridine rings is 1. The van der Waals surface area contributed by atoms with Gasteiger partial charge in [0.2, 0.25) is 0 Å². The Labute approximate surface area is 200 Å². The molecule has 0 spiro atoms. The van der Waals surface area contributed by atoms with Crippen LogP contribution < -0.4 is 4.74 Å². The number of methoxy groups -OCH3 is 1. The first kappa shape index (κ1) is 24.1. The van der Waals surface area contributed by atoms with Crippen molar-refractivity contribution in [1.29, 1.82) is 0 Å². The number of hydrogen-bond donors (Lipinski definition) is 0. The molecule has 6 nitrogen and oxygen atoms in total. The van der Waals surface area contributed by atoms with E-state index in [0.29, 0.717) is 56.6 Å². The largest absolute Gasteiger partial charge is 0.496 e. The molecular weight excluding hydrogens is 433 g/mol. The minimum Gasteiger partial charge on any atom is -0.496 e. The fourth-order valence-corrected chi connectivity index (χ4v) is 4.42. The van der Waals surface area contributed by atoms with E-state index in [1.807, 2.05) is 29.2 Å². The molecule has 1 aliphatic heterocycles. The molecule has 1 aliphatic rings. The van der Waals surface area contributed by atoms with Crippen LogP contribution in [0.2, 0.25) is 0 Å². The third-order valence-corrected chi connectivity index (χ3v) is 6.04. The van der Waals surface area contributed by atoms with Crippen LogP contribution in [0.5, 0.6) is 5.75 Å². The fraction of sp³-hybridized carbons (Fsp3) is 0.407. The molecule has 1 amide bonds. The van der Waals surface area contributed by atoms with E-state index in [2.05, 4.69) is 29.8 Å². The number of fused-ring (bicyclic) bond motifs is 1. The second-order valence-electron chi connectivity index (χ2n) is 9.16. The second kappa shape index (κ2) is 10.9. The monoisotopic (exact) mass is 465 g/mol. The topological polar surface area (TPSA) is 54.9 Å². The van der Waals surface area contributed by atoms with Gasteiger partial charge < -0.3 is 14.4 Å². The number of rotatable bonds is 8. The standard InChI is InChI=1S/C27H32FN3O3/c1-19(2)15-31(16-20-9-10-24-21(14-20)6-5-11-29-24)27(32)26-18-30(12-13-34-26)17-22-23(28)7-4-8-25(22)33-3/h4-11,14,19,26H,12-13,15-18H2,1-3H3/t26-/m1/s1. The predicted octanol–water partition coefficient (Wildman–Crippen LogP) is 4.27. The Kier molecular flexibility index (Phi) is 7.75. The van der Waals surface area contributed by atoms with E-state index in [1.54, 1.807) is 18.3 Å². The van der Waals surface area contributed by atoms with Gasteiger partial charge in [-0.25, -0.2) is 4.39 Å². The average Bonchev–Trinajstić information content (AvgIpc) is 2.84. The van der Waals surface area contributed by atoms with E-state index in [0.717, 1.165) is 16.5 Å². The SMILES string of the molecule is COc1cccc(F)c1CN1CCO[C@@H](C(=O)N(Cc2ccc3ncccc3c2)CC(C)C)C1. The van der Waals surface area contributed by atoms with Crippen LogP contribution in [-0.4, -0.2) is 60.1 Å². The Morgan fingerprint density at radius 3 is 2.91 bits per heavy atom. The zero-order chi connectivity index (χ0) is 24.1. The lowest BCUT2D eigenvalue weighted by molar-refractivity contribution is -0.151. The van der Waals surface area contributed by atoms with Crippen LogP contribution in [0.3, 0.4) is 0 Å². The Balaban J connectivity index is 1.48. The van der Waals surface area contributed by atoms with Crippen molar-refractivity contribution < 1.29 is 18.7 Å². The maximum atomic E-state index is 14.5. The maximum Gasteiger partial charge on any atom is 0.253 e. The second-order valence-corrected chi connectivity index (χ2v) is 9.16. The molecule has 1 saturated heterocycles. The molecule has 180 valence electrons. The highest BCUT2D eigenvalue weighted by atomic mass is 19.1. The number of carbonyl (C=O) groups excluding carboxylic acids is 1. The summed E-state index contributed by atoms with van der Waals surface area (Å²) < 4.78 is 25.7. The molecule has 0 bridgehead atoms. The quantitative estimate of drug-likeness (QED) is 0.497. The summed E-state index contributed by atoms with van der Waals surface area (Å²) in [5.41, 5.74) is 2.49. The van der Waals surface area contributed by atoms with Gasteiger partial charge in [0.05, 0.1) is 19.2 Å². The third kappa shape index (κ3) is 5.72. The number of hydrogen-bond acceptors (Lipinski definition) is 5. The van der Waals surface area contributed by atoms with Crippen LogP contribution in [0.1, 0.15) is 25.0 Å². The predicted molar refractivity (Wildman–Crippen MR) is 130 cm³/mol. The molecule has 1 aromatic heterocycles. The summed E-state index contributed by atoms with van der Waals surface area (Å²) in [6.45, 7) is 7.16. The van der Waals surface area contributed by atoms with E-state index in [1.165, 1.54) is 13.2 Å². The summed E-state index contributed by atoms with van der Waals surface area (Å²) in [4.78, 5) is 21.9. The first-order valence-electron chi connectivity index (χ1n) is 11.7. The van der Waals surface area contributed by atoms with E-state index >= 15 is 0 Å². The lowest BCUT2D eigenvalue weighted by Gasteiger charge is -2.35. The van der Waals surface area contributed by atoms with E-state index < -0.39 is 6.10 Å². The van der Waals surface area contributed by atoms with Crippen molar-refractivity contribution in [2.45, 2.75) is 33.0 Å². The molecule has 0 N–H and O–H groups in total. The summed E-state index contributed by atoms with van der Waals surface area (Å²) in [5, 5.41) is 1.05. The molecule has 2 aromatic carbocycles. The molecular formula is C27H32FN3O3. The van der Waals surface area contributed by atoms with Crippen LogP contribution in [0, 0.1) is 11.7 Å². The first-order chi connectivity index (χ1) is 16.4. The number of benzene rings is 2. The van der Waals surface area contributed by atoms with Crippen molar-refractivity contribution in [2.24, 2.45) is 5.92 Å². The number of ether oxygens (including phenoxy) is 2. The molecule has 4 rings (SSSR count). The minimum absolute atomic E-state index is 0.0369. The van der Waals surface area contributed by atoms with Crippen LogP contribution in [0.25, 0.3) is 10.9 Å². The van der Waals surface area contributed by atoms with Gasteiger partial charge in [0.15, 0.2) is 0 Å². The van der Waals surface area contributed by atoms with E-state index in [-0.39, 0.29) is 11.7 Å². The van der Waals surface area contributed by atoms with Crippen molar-refractivity contribution in [1.82, 2.24) is 14.8 Å². The fourth-order valence-electron chi connectivity index (χ4n) is 4.42. The van der Waals surface area contributed by atoms with Crippen molar-refractivity contribution in [3.05, 3.63) is 71.7 Å². The smallest absolute Gasteiger partial charge is 0.253 e. The summed E-state index contributed by atoms with van der Waals surface area (Å²) in [5.74, 6) is 0.487. The van der Waals surface area contributed by atoms with Crippen LogP contribution in [0.4, 0.5) is 4.39 Å². The van der Waals surface area contributed by atoms with Crippen LogP contribution in [0.15, 0.2) is 54.7 Å². The average molecular weight is 466 g/mol. The van der Waals surface area contributed by atoms with E-state index in [4.69, 9.17) is 9.47 Å². The van der Waals surface area contributed by atoms with Crippen molar-refractivity contribution >= 4 is 16.8 Å². The van der Waals surface area contributed by atoms with Gasteiger partial charge in [-0.15, -0.1) is 0 Å². The first-order valence-corrected chi connectivity index (χ1v) is 11.7. The highest BCUT2D eigenvalue weighted by Gasteiger charge is 2.31. The molecule has 1 fully saturated rings. The van der Waals surface area contributed by atoms with Gasteiger partial charge in [0, 0.05) is 49.9 Å². The molecule has 3 aromatic rings. The lowest BCUT2D eigenvalue weighted by Crippen LogP contribution is -2.51.